The zero-order valence-electron chi connectivity index (χ0n) is 15.4. The molecule has 0 aromatic heterocycles. The van der Waals surface area contributed by atoms with Crippen LogP contribution in [0.5, 0.6) is 5.75 Å². The smallest absolute Gasteiger partial charge is 0.314 e. The number of carbonyl (C=O) groups is 2. The SMILES string of the molecule is COc1ccccc1NC(=O)CN1CCC(C(=O)O)(c2ccccc2)CC1. The number of carbonyl (C=O) groups excluding carboxylic acids is 1. The van der Waals surface area contributed by atoms with Crippen LogP contribution in [0.2, 0.25) is 0 Å². The molecule has 142 valence electrons. The number of methoxy groups -OCH3 is 1. The van der Waals surface area contributed by atoms with Gasteiger partial charge < -0.3 is 15.2 Å². The second-order valence-electron chi connectivity index (χ2n) is 6.78. The fourth-order valence-corrected chi connectivity index (χ4v) is 3.62. The molecule has 27 heavy (non-hydrogen) atoms. The van der Waals surface area contributed by atoms with E-state index in [1.54, 1.807) is 19.2 Å². The van der Waals surface area contributed by atoms with Crippen molar-refractivity contribution in [1.29, 1.82) is 0 Å². The summed E-state index contributed by atoms with van der Waals surface area (Å²) in [5.41, 5.74) is 0.582. The van der Waals surface area contributed by atoms with Gasteiger partial charge in [-0.2, -0.15) is 0 Å². The molecule has 1 heterocycles. The van der Waals surface area contributed by atoms with Gasteiger partial charge in [0.2, 0.25) is 5.91 Å². The first-order valence-corrected chi connectivity index (χ1v) is 8.99. The third-order valence-corrected chi connectivity index (χ3v) is 5.19. The van der Waals surface area contributed by atoms with Crippen LogP contribution in [0, 0.1) is 0 Å². The second kappa shape index (κ2) is 8.22. The van der Waals surface area contributed by atoms with E-state index < -0.39 is 11.4 Å². The fraction of sp³-hybridized carbons (Fsp3) is 0.333. The molecule has 1 aliphatic heterocycles. The Labute approximate surface area is 158 Å². The number of carboxylic acid groups (broad SMARTS) is 1. The Morgan fingerprint density at radius 3 is 2.33 bits per heavy atom. The van der Waals surface area contributed by atoms with Gasteiger partial charge in [-0.3, -0.25) is 14.5 Å². The minimum absolute atomic E-state index is 0.137. The summed E-state index contributed by atoms with van der Waals surface area (Å²) in [5, 5.41) is 12.7. The number of hydrogen-bond donors (Lipinski definition) is 2. The Morgan fingerprint density at radius 2 is 1.70 bits per heavy atom. The number of rotatable bonds is 6. The number of carboxylic acids is 1. The van der Waals surface area contributed by atoms with E-state index in [4.69, 9.17) is 4.74 Å². The van der Waals surface area contributed by atoms with E-state index in [2.05, 4.69) is 5.32 Å². The zero-order chi connectivity index (χ0) is 19.3. The number of anilines is 1. The lowest BCUT2D eigenvalue weighted by Crippen LogP contribution is -2.49. The molecule has 0 bridgehead atoms. The monoisotopic (exact) mass is 368 g/mol. The highest BCUT2D eigenvalue weighted by Gasteiger charge is 2.43. The lowest BCUT2D eigenvalue weighted by Gasteiger charge is -2.39. The Kier molecular flexibility index (Phi) is 5.76. The molecule has 2 aromatic carbocycles. The molecular weight excluding hydrogens is 344 g/mol. The normalized spacial score (nSPS) is 16.5. The van der Waals surface area contributed by atoms with Gasteiger partial charge >= 0.3 is 5.97 Å². The maximum Gasteiger partial charge on any atom is 0.314 e. The molecule has 0 radical (unpaired) electrons. The number of aliphatic carboxylic acids is 1. The van der Waals surface area contributed by atoms with E-state index in [1.807, 2.05) is 47.4 Å². The van der Waals surface area contributed by atoms with Crippen LogP contribution in [0.3, 0.4) is 0 Å². The van der Waals surface area contributed by atoms with Crippen molar-refractivity contribution in [2.45, 2.75) is 18.3 Å². The van der Waals surface area contributed by atoms with Gasteiger partial charge in [-0.05, 0) is 30.5 Å². The summed E-state index contributed by atoms with van der Waals surface area (Å²) in [5.74, 6) is -0.327. The molecular formula is C21H24N2O4. The Morgan fingerprint density at radius 1 is 1.07 bits per heavy atom. The highest BCUT2D eigenvalue weighted by atomic mass is 16.5. The van der Waals surface area contributed by atoms with Crippen molar-refractivity contribution in [3.8, 4) is 5.75 Å². The molecule has 1 amide bonds. The summed E-state index contributed by atoms with van der Waals surface area (Å²) in [4.78, 5) is 26.4. The highest BCUT2D eigenvalue weighted by molar-refractivity contribution is 5.93. The average molecular weight is 368 g/mol. The largest absolute Gasteiger partial charge is 0.495 e. The van der Waals surface area contributed by atoms with Gasteiger partial charge in [-0.15, -0.1) is 0 Å². The minimum atomic E-state index is -0.878. The van der Waals surface area contributed by atoms with Crippen molar-refractivity contribution in [2.75, 3.05) is 32.1 Å². The van der Waals surface area contributed by atoms with Gasteiger partial charge in [-0.25, -0.2) is 0 Å². The predicted octanol–water partition coefficient (Wildman–Crippen LogP) is 2.75. The van der Waals surface area contributed by atoms with Gasteiger partial charge in [0, 0.05) is 13.1 Å². The third-order valence-electron chi connectivity index (χ3n) is 5.19. The number of benzene rings is 2. The van der Waals surface area contributed by atoms with Gasteiger partial charge in [0.15, 0.2) is 0 Å². The first-order valence-electron chi connectivity index (χ1n) is 8.99. The van der Waals surface area contributed by atoms with E-state index in [-0.39, 0.29) is 12.5 Å². The first kappa shape index (κ1) is 18.9. The van der Waals surface area contributed by atoms with Crippen LogP contribution in [-0.2, 0) is 15.0 Å². The van der Waals surface area contributed by atoms with Crippen LogP contribution >= 0.6 is 0 Å². The number of nitrogens with zero attached hydrogens (tertiary/aromatic N) is 1. The van der Waals surface area contributed by atoms with Crippen molar-refractivity contribution in [1.82, 2.24) is 4.90 Å². The summed E-state index contributed by atoms with van der Waals surface area (Å²) in [6.07, 6.45) is 0.961. The van der Waals surface area contributed by atoms with E-state index in [1.165, 1.54) is 0 Å². The number of para-hydroxylation sites is 2. The number of amides is 1. The lowest BCUT2D eigenvalue weighted by molar-refractivity contribution is -0.146. The summed E-state index contributed by atoms with van der Waals surface area (Å²) in [7, 11) is 1.56. The van der Waals surface area contributed by atoms with Crippen molar-refractivity contribution in [3.05, 3.63) is 60.2 Å². The van der Waals surface area contributed by atoms with Crippen molar-refractivity contribution in [2.24, 2.45) is 0 Å². The standard InChI is InChI=1S/C21H24N2O4/c1-27-18-10-6-5-9-17(18)22-19(24)15-23-13-11-21(12-14-23,20(25)26)16-7-3-2-4-8-16/h2-10H,11-15H2,1H3,(H,22,24)(H,25,26). The topological polar surface area (TPSA) is 78.9 Å². The second-order valence-corrected chi connectivity index (χ2v) is 6.78. The average Bonchev–Trinajstić information content (AvgIpc) is 2.69. The van der Waals surface area contributed by atoms with Crippen molar-refractivity contribution < 1.29 is 19.4 Å². The molecule has 6 heteroatoms. The molecule has 2 aromatic rings. The molecule has 1 fully saturated rings. The molecule has 1 saturated heterocycles. The quantitative estimate of drug-likeness (QED) is 0.820. The van der Waals surface area contributed by atoms with E-state index >= 15 is 0 Å². The molecule has 0 aliphatic carbocycles. The molecule has 0 spiro atoms. The Bertz CT molecular complexity index is 799. The van der Waals surface area contributed by atoms with Gasteiger partial charge in [0.1, 0.15) is 5.75 Å². The van der Waals surface area contributed by atoms with Crippen molar-refractivity contribution >= 4 is 17.6 Å². The first-order chi connectivity index (χ1) is 13.0. The molecule has 3 rings (SSSR count). The van der Waals surface area contributed by atoms with Crippen LogP contribution in [-0.4, -0.2) is 48.6 Å². The van der Waals surface area contributed by atoms with Crippen LogP contribution in [0.4, 0.5) is 5.69 Å². The van der Waals surface area contributed by atoms with Gasteiger partial charge in [0.25, 0.3) is 0 Å². The maximum atomic E-state index is 12.4. The number of ether oxygens (including phenoxy) is 1. The molecule has 0 unspecified atom stereocenters. The van der Waals surface area contributed by atoms with Crippen LogP contribution < -0.4 is 10.1 Å². The summed E-state index contributed by atoms with van der Waals surface area (Å²) >= 11 is 0. The third kappa shape index (κ3) is 4.11. The minimum Gasteiger partial charge on any atom is -0.495 e. The van der Waals surface area contributed by atoms with Crippen LogP contribution in [0.15, 0.2) is 54.6 Å². The summed E-state index contributed by atoms with van der Waals surface area (Å²) in [6, 6.07) is 16.6. The predicted molar refractivity (Wildman–Crippen MR) is 103 cm³/mol. The number of likely N-dealkylation sites (tertiary alicyclic amines) is 1. The summed E-state index contributed by atoms with van der Waals surface area (Å²) in [6.45, 7) is 1.34. The van der Waals surface area contributed by atoms with E-state index in [0.29, 0.717) is 37.4 Å². The molecule has 6 nitrogen and oxygen atoms in total. The van der Waals surface area contributed by atoms with Crippen molar-refractivity contribution in [3.63, 3.8) is 0 Å². The highest BCUT2D eigenvalue weighted by Crippen LogP contribution is 2.35. The molecule has 0 saturated carbocycles. The summed E-state index contributed by atoms with van der Waals surface area (Å²) < 4.78 is 5.25. The number of hydrogen-bond acceptors (Lipinski definition) is 4. The molecule has 0 atom stereocenters. The molecule has 2 N–H and O–H groups in total. The Balaban J connectivity index is 1.62. The van der Waals surface area contributed by atoms with E-state index in [0.717, 1.165) is 5.56 Å². The fourth-order valence-electron chi connectivity index (χ4n) is 3.62. The number of piperidine rings is 1. The van der Waals surface area contributed by atoms with Crippen LogP contribution in [0.1, 0.15) is 18.4 Å². The van der Waals surface area contributed by atoms with Gasteiger partial charge in [-0.1, -0.05) is 42.5 Å². The van der Waals surface area contributed by atoms with Gasteiger partial charge in [0.05, 0.1) is 24.8 Å². The van der Waals surface area contributed by atoms with Crippen LogP contribution in [0.25, 0.3) is 0 Å². The zero-order valence-corrected chi connectivity index (χ0v) is 15.4. The lowest BCUT2D eigenvalue weighted by atomic mass is 9.73. The number of nitrogens with one attached hydrogen (secondary N) is 1. The Hall–Kier alpha value is -2.86. The van der Waals surface area contributed by atoms with E-state index in [9.17, 15) is 14.7 Å². The maximum absolute atomic E-state index is 12.4. The molecule has 1 aliphatic rings.